The quantitative estimate of drug-likeness (QED) is 0.276. The van der Waals surface area contributed by atoms with Gasteiger partial charge in [-0.05, 0) is 48.5 Å². The molecule has 3 heterocycles. The van der Waals surface area contributed by atoms with Crippen molar-refractivity contribution in [3.8, 4) is 22.9 Å². The third-order valence-electron chi connectivity index (χ3n) is 5.00. The third kappa shape index (κ3) is 5.59. The van der Waals surface area contributed by atoms with Crippen molar-refractivity contribution in [1.29, 1.82) is 0 Å². The van der Waals surface area contributed by atoms with Gasteiger partial charge in [-0.25, -0.2) is 0 Å². The molecule has 0 saturated carbocycles. The van der Waals surface area contributed by atoms with Crippen LogP contribution in [0.1, 0.15) is 5.76 Å². The van der Waals surface area contributed by atoms with Crippen molar-refractivity contribution < 1.29 is 13.9 Å². The number of anilines is 1. The van der Waals surface area contributed by atoms with Crippen molar-refractivity contribution in [3.63, 3.8) is 0 Å². The molecule has 0 saturated heterocycles. The van der Waals surface area contributed by atoms with E-state index in [1.165, 1.54) is 11.8 Å². The van der Waals surface area contributed by atoms with Gasteiger partial charge in [-0.2, -0.15) is 0 Å². The first-order chi connectivity index (χ1) is 17.3. The summed E-state index contributed by atoms with van der Waals surface area (Å²) in [5.74, 6) is 2.62. The number of furan rings is 1. The summed E-state index contributed by atoms with van der Waals surface area (Å²) in [7, 11) is 0. The number of hydrogen-bond acceptors (Lipinski definition) is 7. The second kappa shape index (κ2) is 10.7. The Morgan fingerprint density at radius 3 is 2.63 bits per heavy atom. The topological polar surface area (TPSA) is 95.1 Å². The van der Waals surface area contributed by atoms with E-state index in [4.69, 9.17) is 9.15 Å². The molecule has 5 aromatic rings. The summed E-state index contributed by atoms with van der Waals surface area (Å²) in [4.78, 5) is 17.0. The lowest BCUT2D eigenvalue weighted by Gasteiger charge is -2.12. The number of ether oxygens (including phenoxy) is 1. The van der Waals surface area contributed by atoms with Gasteiger partial charge < -0.3 is 14.5 Å². The molecule has 0 bridgehead atoms. The molecule has 0 atom stereocenters. The van der Waals surface area contributed by atoms with E-state index in [-0.39, 0.29) is 11.7 Å². The zero-order valence-corrected chi connectivity index (χ0v) is 19.4. The van der Waals surface area contributed by atoms with Gasteiger partial charge in [0.1, 0.15) is 11.5 Å². The fourth-order valence-corrected chi connectivity index (χ4v) is 4.13. The van der Waals surface area contributed by atoms with Gasteiger partial charge in [-0.1, -0.05) is 42.1 Å². The molecule has 5 rings (SSSR count). The van der Waals surface area contributed by atoms with Crippen LogP contribution in [0.25, 0.3) is 11.4 Å². The van der Waals surface area contributed by atoms with Crippen molar-refractivity contribution >= 4 is 23.4 Å². The lowest BCUT2D eigenvalue weighted by atomic mass is 10.2. The van der Waals surface area contributed by atoms with Crippen molar-refractivity contribution in [3.05, 3.63) is 103 Å². The molecular weight excluding hydrogens is 462 g/mol. The number of aromatic nitrogens is 4. The van der Waals surface area contributed by atoms with Crippen LogP contribution in [0, 0.1) is 0 Å². The van der Waals surface area contributed by atoms with Crippen LogP contribution in [-0.2, 0) is 11.3 Å². The lowest BCUT2D eigenvalue weighted by molar-refractivity contribution is -0.113. The number of hydrogen-bond donors (Lipinski definition) is 1. The molecule has 1 N–H and O–H groups in total. The summed E-state index contributed by atoms with van der Waals surface area (Å²) in [6.45, 7) is 0.432. The Bertz CT molecular complexity index is 1390. The summed E-state index contributed by atoms with van der Waals surface area (Å²) in [5, 5.41) is 12.2. The largest absolute Gasteiger partial charge is 0.467 e. The summed E-state index contributed by atoms with van der Waals surface area (Å²) in [6.07, 6.45) is 5.06. The zero-order chi connectivity index (χ0) is 23.9. The molecule has 1 amide bonds. The van der Waals surface area contributed by atoms with Crippen molar-refractivity contribution in [2.75, 3.05) is 11.1 Å². The molecule has 0 fully saturated rings. The fraction of sp³-hybridized carbons (Fsp3) is 0.0769. The Labute approximate surface area is 206 Å². The van der Waals surface area contributed by atoms with Crippen LogP contribution in [0.5, 0.6) is 11.5 Å². The number of amides is 1. The van der Waals surface area contributed by atoms with Gasteiger partial charge in [-0.3, -0.25) is 14.3 Å². The highest BCUT2D eigenvalue weighted by molar-refractivity contribution is 7.99. The molecule has 174 valence electrons. The maximum atomic E-state index is 12.8. The van der Waals surface area contributed by atoms with E-state index in [9.17, 15) is 4.79 Å². The van der Waals surface area contributed by atoms with Crippen LogP contribution in [-0.4, -0.2) is 31.4 Å². The Balaban J connectivity index is 1.30. The second-order valence-corrected chi connectivity index (χ2v) is 8.40. The monoisotopic (exact) mass is 483 g/mol. The van der Waals surface area contributed by atoms with Crippen LogP contribution in [0.4, 0.5) is 5.69 Å². The van der Waals surface area contributed by atoms with E-state index in [2.05, 4.69) is 20.5 Å². The highest BCUT2D eigenvalue weighted by atomic mass is 32.2. The van der Waals surface area contributed by atoms with Gasteiger partial charge in [0.25, 0.3) is 0 Å². The maximum Gasteiger partial charge on any atom is 0.234 e. The lowest BCUT2D eigenvalue weighted by Crippen LogP contribution is -2.15. The molecule has 0 aliphatic heterocycles. The van der Waals surface area contributed by atoms with Gasteiger partial charge in [0.15, 0.2) is 16.7 Å². The van der Waals surface area contributed by atoms with Crippen LogP contribution in [0.3, 0.4) is 0 Å². The second-order valence-electron chi connectivity index (χ2n) is 7.46. The number of carbonyl (C=O) groups excluding carboxylic acids is 1. The van der Waals surface area contributed by atoms with Crippen LogP contribution in [0.2, 0.25) is 0 Å². The molecule has 0 spiro atoms. The molecule has 0 aliphatic carbocycles. The van der Waals surface area contributed by atoms with Gasteiger partial charge in [0.2, 0.25) is 5.91 Å². The Morgan fingerprint density at radius 1 is 0.971 bits per heavy atom. The molecular formula is C26H21N5O3S. The minimum Gasteiger partial charge on any atom is -0.467 e. The Morgan fingerprint density at radius 2 is 1.83 bits per heavy atom. The van der Waals surface area contributed by atoms with Gasteiger partial charge >= 0.3 is 0 Å². The standard InChI is InChI=1S/C26H21N5O3S/c32-24(28-22-12-4-5-13-23(22)34-20-9-2-1-3-10-20)18-35-26-30-29-25(19-8-6-14-27-16-19)31(26)17-21-11-7-15-33-21/h1-16H,17-18H2,(H,28,32). The van der Waals surface area contributed by atoms with E-state index in [0.29, 0.717) is 34.7 Å². The number of rotatable bonds is 9. The van der Waals surface area contributed by atoms with E-state index in [0.717, 1.165) is 11.3 Å². The first-order valence-corrected chi connectivity index (χ1v) is 11.9. The van der Waals surface area contributed by atoms with E-state index in [1.807, 2.05) is 77.4 Å². The fourth-order valence-electron chi connectivity index (χ4n) is 3.40. The predicted molar refractivity (Wildman–Crippen MR) is 133 cm³/mol. The van der Waals surface area contributed by atoms with Crippen molar-refractivity contribution in [2.45, 2.75) is 11.7 Å². The molecule has 2 aromatic carbocycles. The SMILES string of the molecule is O=C(CSc1nnc(-c2cccnc2)n1Cc1ccco1)Nc1ccccc1Oc1ccccc1. The maximum absolute atomic E-state index is 12.8. The van der Waals surface area contributed by atoms with E-state index in [1.54, 1.807) is 24.7 Å². The predicted octanol–water partition coefficient (Wildman–Crippen LogP) is 5.50. The van der Waals surface area contributed by atoms with Crippen LogP contribution < -0.4 is 10.1 Å². The normalized spacial score (nSPS) is 10.7. The number of nitrogens with zero attached hydrogens (tertiary/aromatic N) is 4. The Hall–Kier alpha value is -4.37. The summed E-state index contributed by atoms with van der Waals surface area (Å²) >= 11 is 1.30. The summed E-state index contributed by atoms with van der Waals surface area (Å²) < 4.78 is 13.4. The molecule has 9 heteroatoms. The average molecular weight is 484 g/mol. The molecule has 3 aromatic heterocycles. The molecule has 0 unspecified atom stereocenters. The first-order valence-electron chi connectivity index (χ1n) is 10.9. The number of nitrogens with one attached hydrogen (secondary N) is 1. The molecule has 0 radical (unpaired) electrons. The van der Waals surface area contributed by atoms with Crippen LogP contribution >= 0.6 is 11.8 Å². The third-order valence-corrected chi connectivity index (χ3v) is 5.96. The van der Waals surface area contributed by atoms with Gasteiger partial charge in [0.05, 0.1) is 24.2 Å². The number of carbonyl (C=O) groups is 1. The summed E-state index contributed by atoms with van der Waals surface area (Å²) in [6, 6.07) is 24.2. The number of pyridine rings is 1. The Kier molecular flexibility index (Phi) is 6.86. The molecule has 35 heavy (non-hydrogen) atoms. The first kappa shape index (κ1) is 22.4. The average Bonchev–Trinajstić information content (AvgIpc) is 3.56. The smallest absolute Gasteiger partial charge is 0.234 e. The molecule has 0 aliphatic rings. The molecule has 8 nitrogen and oxygen atoms in total. The van der Waals surface area contributed by atoms with Gasteiger partial charge in [-0.15, -0.1) is 10.2 Å². The number of benzene rings is 2. The van der Waals surface area contributed by atoms with Crippen molar-refractivity contribution in [2.24, 2.45) is 0 Å². The highest BCUT2D eigenvalue weighted by Gasteiger charge is 2.18. The van der Waals surface area contributed by atoms with Gasteiger partial charge in [0, 0.05) is 18.0 Å². The van der Waals surface area contributed by atoms with Crippen molar-refractivity contribution in [1.82, 2.24) is 19.7 Å². The zero-order valence-electron chi connectivity index (χ0n) is 18.6. The summed E-state index contributed by atoms with van der Waals surface area (Å²) in [5.41, 5.74) is 1.42. The minimum atomic E-state index is -0.186. The minimum absolute atomic E-state index is 0.142. The highest BCUT2D eigenvalue weighted by Crippen LogP contribution is 2.30. The van der Waals surface area contributed by atoms with Crippen LogP contribution in [0.15, 0.2) is 107 Å². The van der Waals surface area contributed by atoms with E-state index >= 15 is 0 Å². The van der Waals surface area contributed by atoms with E-state index < -0.39 is 0 Å². The number of para-hydroxylation sites is 3. The number of thioether (sulfide) groups is 1.